The molecule has 1 aliphatic heterocycles. The molecule has 1 aliphatic rings. The highest BCUT2D eigenvalue weighted by atomic mass is 35.5. The Labute approximate surface area is 113 Å². The molecular formula is C10H9ClN2O3S2. The summed E-state index contributed by atoms with van der Waals surface area (Å²) in [6.07, 6.45) is 0.562. The number of nitrogens with zero attached hydrogens (tertiary/aromatic N) is 2. The molecule has 1 saturated heterocycles. The molecular weight excluding hydrogens is 296 g/mol. The van der Waals surface area contributed by atoms with Gasteiger partial charge in [0.1, 0.15) is 0 Å². The third kappa shape index (κ3) is 2.30. The van der Waals surface area contributed by atoms with Gasteiger partial charge in [-0.15, -0.1) is 11.3 Å². The fourth-order valence-corrected chi connectivity index (χ4v) is 4.63. The minimum absolute atomic E-state index is 0.108. The van der Waals surface area contributed by atoms with Gasteiger partial charge in [-0.25, -0.2) is 8.42 Å². The highest BCUT2D eigenvalue weighted by Gasteiger charge is 2.32. The fourth-order valence-electron chi connectivity index (χ4n) is 1.93. The molecule has 1 fully saturated rings. The Kier molecular flexibility index (Phi) is 2.91. The van der Waals surface area contributed by atoms with Crippen LogP contribution < -0.4 is 0 Å². The molecule has 0 saturated carbocycles. The normalized spacial score (nSPS) is 22.4. The summed E-state index contributed by atoms with van der Waals surface area (Å²) in [6.45, 7) is 0. The van der Waals surface area contributed by atoms with E-state index in [4.69, 9.17) is 16.1 Å². The predicted octanol–water partition coefficient (Wildman–Crippen LogP) is 2.35. The van der Waals surface area contributed by atoms with Gasteiger partial charge < -0.3 is 4.52 Å². The summed E-state index contributed by atoms with van der Waals surface area (Å²) in [5, 5.41) is 3.86. The molecule has 8 heteroatoms. The van der Waals surface area contributed by atoms with Gasteiger partial charge in [0, 0.05) is 5.92 Å². The van der Waals surface area contributed by atoms with Gasteiger partial charge in [-0.3, -0.25) is 0 Å². The van der Waals surface area contributed by atoms with Gasteiger partial charge in [-0.1, -0.05) is 16.8 Å². The van der Waals surface area contributed by atoms with Crippen molar-refractivity contribution >= 4 is 32.8 Å². The summed E-state index contributed by atoms with van der Waals surface area (Å²) in [6, 6.07) is 3.56. The second kappa shape index (κ2) is 4.32. The molecule has 2 aromatic rings. The Morgan fingerprint density at radius 1 is 1.44 bits per heavy atom. The van der Waals surface area contributed by atoms with Gasteiger partial charge in [0.2, 0.25) is 0 Å². The van der Waals surface area contributed by atoms with Crippen LogP contribution in [0.4, 0.5) is 0 Å². The molecule has 2 aromatic heterocycles. The van der Waals surface area contributed by atoms with Crippen LogP contribution in [-0.2, 0) is 9.84 Å². The van der Waals surface area contributed by atoms with Crippen molar-refractivity contribution in [2.24, 2.45) is 0 Å². The molecule has 5 nitrogen and oxygen atoms in total. The molecule has 0 radical (unpaired) electrons. The lowest BCUT2D eigenvalue weighted by Crippen LogP contribution is -2.04. The molecule has 1 atom stereocenters. The zero-order valence-corrected chi connectivity index (χ0v) is 11.6. The summed E-state index contributed by atoms with van der Waals surface area (Å²) in [7, 11) is -2.94. The van der Waals surface area contributed by atoms with Gasteiger partial charge in [0.15, 0.2) is 15.7 Å². The minimum Gasteiger partial charge on any atom is -0.333 e. The van der Waals surface area contributed by atoms with Crippen LogP contribution in [0.5, 0.6) is 0 Å². The maximum Gasteiger partial charge on any atom is 0.268 e. The predicted molar refractivity (Wildman–Crippen MR) is 68.6 cm³/mol. The fraction of sp³-hybridized carbons (Fsp3) is 0.400. The van der Waals surface area contributed by atoms with Crippen LogP contribution in [0.15, 0.2) is 16.7 Å². The molecule has 96 valence electrons. The molecule has 0 spiro atoms. The lowest BCUT2D eigenvalue weighted by atomic mass is 10.1. The molecule has 18 heavy (non-hydrogen) atoms. The number of sulfone groups is 1. The van der Waals surface area contributed by atoms with Crippen LogP contribution in [0.25, 0.3) is 10.8 Å². The monoisotopic (exact) mass is 304 g/mol. The zero-order chi connectivity index (χ0) is 12.8. The first-order valence-electron chi connectivity index (χ1n) is 5.33. The Morgan fingerprint density at radius 2 is 2.28 bits per heavy atom. The minimum atomic E-state index is -2.94. The first kappa shape index (κ1) is 12.1. The van der Waals surface area contributed by atoms with E-state index in [0.717, 1.165) is 4.88 Å². The molecule has 0 bridgehead atoms. The Morgan fingerprint density at radius 3 is 2.89 bits per heavy atom. The maximum absolute atomic E-state index is 11.4. The topological polar surface area (TPSA) is 73.1 Å². The lowest BCUT2D eigenvalue weighted by Gasteiger charge is -1.97. The summed E-state index contributed by atoms with van der Waals surface area (Å²) in [4.78, 5) is 5.04. The van der Waals surface area contributed by atoms with Crippen molar-refractivity contribution in [3.8, 4) is 10.8 Å². The van der Waals surface area contributed by atoms with Crippen LogP contribution in [0.2, 0.25) is 4.34 Å². The van der Waals surface area contributed by atoms with E-state index in [0.29, 0.717) is 22.5 Å². The van der Waals surface area contributed by atoms with Gasteiger partial charge in [0.05, 0.1) is 20.7 Å². The summed E-state index contributed by atoms with van der Waals surface area (Å²) in [5.74, 6) is 1.02. The van der Waals surface area contributed by atoms with Gasteiger partial charge in [-0.05, 0) is 18.6 Å². The molecule has 1 unspecified atom stereocenters. The standard InChI is InChI=1S/C10H9ClN2O3S2/c11-8-2-1-7(17-8)10-12-9(13-16-10)6-3-4-18(14,15)5-6/h1-2,6H,3-5H2. The van der Waals surface area contributed by atoms with E-state index in [1.165, 1.54) is 11.3 Å². The quantitative estimate of drug-likeness (QED) is 0.851. The summed E-state index contributed by atoms with van der Waals surface area (Å²) in [5.41, 5.74) is 0. The van der Waals surface area contributed by atoms with Crippen LogP contribution in [0.3, 0.4) is 0 Å². The highest BCUT2D eigenvalue weighted by molar-refractivity contribution is 7.91. The maximum atomic E-state index is 11.4. The number of thiophene rings is 1. The van der Waals surface area contributed by atoms with Crippen LogP contribution in [-0.4, -0.2) is 30.1 Å². The average Bonchev–Trinajstić information content (AvgIpc) is 2.96. The summed E-state index contributed by atoms with van der Waals surface area (Å²) >= 11 is 7.18. The van der Waals surface area contributed by atoms with Crippen molar-refractivity contribution in [1.29, 1.82) is 0 Å². The van der Waals surface area contributed by atoms with E-state index in [2.05, 4.69) is 10.1 Å². The van der Waals surface area contributed by atoms with Gasteiger partial charge in [-0.2, -0.15) is 4.98 Å². The number of hydrogen-bond acceptors (Lipinski definition) is 6. The van der Waals surface area contributed by atoms with Gasteiger partial charge in [0.25, 0.3) is 5.89 Å². The van der Waals surface area contributed by atoms with Crippen molar-refractivity contribution in [2.75, 3.05) is 11.5 Å². The van der Waals surface area contributed by atoms with E-state index in [1.807, 2.05) is 0 Å². The molecule has 3 rings (SSSR count). The van der Waals surface area contributed by atoms with Gasteiger partial charge >= 0.3 is 0 Å². The highest BCUT2D eigenvalue weighted by Crippen LogP contribution is 2.32. The van der Waals surface area contributed by atoms with Crippen LogP contribution >= 0.6 is 22.9 Å². The Bertz CT molecular complexity index is 677. The first-order valence-corrected chi connectivity index (χ1v) is 8.35. The molecule has 0 N–H and O–H groups in total. The van der Waals surface area contributed by atoms with Crippen molar-refractivity contribution in [3.05, 3.63) is 22.3 Å². The Hall–Kier alpha value is -0.920. The Balaban J connectivity index is 1.86. The van der Waals surface area contributed by atoms with E-state index >= 15 is 0 Å². The smallest absolute Gasteiger partial charge is 0.268 e. The van der Waals surface area contributed by atoms with E-state index < -0.39 is 9.84 Å². The van der Waals surface area contributed by atoms with Crippen molar-refractivity contribution in [2.45, 2.75) is 12.3 Å². The second-order valence-electron chi connectivity index (χ2n) is 4.16. The van der Waals surface area contributed by atoms with Crippen LogP contribution in [0, 0.1) is 0 Å². The first-order chi connectivity index (χ1) is 8.53. The average molecular weight is 305 g/mol. The van der Waals surface area contributed by atoms with Crippen molar-refractivity contribution < 1.29 is 12.9 Å². The lowest BCUT2D eigenvalue weighted by molar-refractivity contribution is 0.418. The second-order valence-corrected chi connectivity index (χ2v) is 8.11. The third-order valence-corrected chi connectivity index (χ3v) is 5.81. The van der Waals surface area contributed by atoms with Crippen LogP contribution in [0.1, 0.15) is 18.2 Å². The van der Waals surface area contributed by atoms with E-state index in [-0.39, 0.29) is 17.4 Å². The molecule has 0 aromatic carbocycles. The van der Waals surface area contributed by atoms with E-state index in [9.17, 15) is 8.42 Å². The van der Waals surface area contributed by atoms with Crippen molar-refractivity contribution in [1.82, 2.24) is 10.1 Å². The number of aromatic nitrogens is 2. The number of hydrogen-bond donors (Lipinski definition) is 0. The third-order valence-electron chi connectivity index (χ3n) is 2.82. The van der Waals surface area contributed by atoms with E-state index in [1.54, 1.807) is 12.1 Å². The largest absolute Gasteiger partial charge is 0.333 e. The molecule has 0 aliphatic carbocycles. The SMILES string of the molecule is O=S1(=O)CCC(c2noc(-c3ccc(Cl)s3)n2)C1. The van der Waals surface area contributed by atoms with Crippen molar-refractivity contribution in [3.63, 3.8) is 0 Å². The number of halogens is 1. The summed E-state index contributed by atoms with van der Waals surface area (Å²) < 4.78 is 28.6. The zero-order valence-electron chi connectivity index (χ0n) is 9.17. The number of rotatable bonds is 2. The molecule has 3 heterocycles. The molecule has 0 amide bonds.